The van der Waals surface area contributed by atoms with E-state index in [-0.39, 0.29) is 30.8 Å². The maximum absolute atomic E-state index is 13.8. The van der Waals surface area contributed by atoms with Gasteiger partial charge in [-0.25, -0.2) is 23.5 Å². The van der Waals surface area contributed by atoms with Gasteiger partial charge in [-0.15, -0.1) is 0 Å². The second-order valence-corrected chi connectivity index (χ2v) is 11.5. The molecule has 0 saturated carbocycles. The molecule has 0 aliphatic carbocycles. The summed E-state index contributed by atoms with van der Waals surface area (Å²) in [6.45, 7) is 4.68. The normalized spacial score (nSPS) is 22.4. The number of anilines is 2. The van der Waals surface area contributed by atoms with E-state index in [1.807, 2.05) is 25.1 Å². The molecule has 3 aromatic rings. The Morgan fingerprint density at radius 3 is 2.78 bits per heavy atom. The van der Waals surface area contributed by atoms with Crippen LogP contribution in [0.3, 0.4) is 0 Å². The fraction of sp³-hybridized carbons (Fsp3) is 0.500. The molecule has 0 unspecified atom stereocenters. The number of pyridine rings is 1. The SMILES string of the molecule is C[C@@H]1N(c2cc(C#CCN(C)C)cnc2O[C@H]2C[C@@H](C(=O)O)N(c3nc(-c4ccc[nH]4)nc(C(F)F)n3)C2)CCOC12COC2. The quantitative estimate of drug-likeness (QED) is 0.355. The van der Waals surface area contributed by atoms with Crippen LogP contribution in [-0.2, 0) is 14.3 Å². The van der Waals surface area contributed by atoms with Gasteiger partial charge in [0.05, 0.1) is 44.6 Å². The highest BCUT2D eigenvalue weighted by Gasteiger charge is 2.50. The fourth-order valence-electron chi connectivity index (χ4n) is 5.70. The standard InChI is InChI=1S/C30H34F2N8O5/c1-18-30(16-43-17-30)44-11-10-39(18)22-12-19(6-5-9-38(2)3)14-34-27(22)45-20-13-23(28(41)42)40(15-20)29-36-25(21-7-4-8-33-21)35-26(37-29)24(31)32/h4,7-8,12,14,18,20,23-24,33H,9-11,13,15-17H2,1-3H3,(H,41,42)/t18-,20-,23-/m0/s1. The summed E-state index contributed by atoms with van der Waals surface area (Å²) in [4.78, 5) is 37.6. The highest BCUT2D eigenvalue weighted by Crippen LogP contribution is 2.39. The largest absolute Gasteiger partial charge is 0.480 e. The van der Waals surface area contributed by atoms with Crippen molar-refractivity contribution in [3.8, 4) is 29.2 Å². The van der Waals surface area contributed by atoms with Gasteiger partial charge in [0.2, 0.25) is 17.7 Å². The lowest BCUT2D eigenvalue weighted by atomic mass is 9.90. The van der Waals surface area contributed by atoms with Crippen molar-refractivity contribution >= 4 is 17.6 Å². The zero-order valence-electron chi connectivity index (χ0n) is 25.1. The Kier molecular flexibility index (Phi) is 8.54. The number of nitrogens with zero attached hydrogens (tertiary/aromatic N) is 7. The predicted octanol–water partition coefficient (Wildman–Crippen LogP) is 2.22. The third kappa shape index (κ3) is 6.26. The summed E-state index contributed by atoms with van der Waals surface area (Å²) in [5, 5.41) is 10.1. The molecule has 45 heavy (non-hydrogen) atoms. The first-order valence-corrected chi connectivity index (χ1v) is 14.6. The molecule has 1 spiro atoms. The smallest absolute Gasteiger partial charge is 0.326 e. The monoisotopic (exact) mass is 624 g/mol. The number of aromatic nitrogens is 5. The van der Waals surface area contributed by atoms with Crippen LogP contribution in [0.5, 0.6) is 5.88 Å². The first kappa shape index (κ1) is 30.6. The molecule has 3 aliphatic rings. The van der Waals surface area contributed by atoms with Crippen molar-refractivity contribution in [2.24, 2.45) is 0 Å². The van der Waals surface area contributed by atoms with Gasteiger partial charge >= 0.3 is 5.97 Å². The zero-order chi connectivity index (χ0) is 31.7. The number of halogens is 2. The van der Waals surface area contributed by atoms with Gasteiger partial charge in [0.1, 0.15) is 23.4 Å². The molecular weight excluding hydrogens is 590 g/mol. The van der Waals surface area contributed by atoms with E-state index in [4.69, 9.17) is 14.2 Å². The van der Waals surface area contributed by atoms with Crippen molar-refractivity contribution in [2.45, 2.75) is 43.6 Å². The maximum atomic E-state index is 13.8. The van der Waals surface area contributed by atoms with E-state index < -0.39 is 36.0 Å². The number of carboxylic acid groups (broad SMARTS) is 1. The summed E-state index contributed by atoms with van der Waals surface area (Å²) < 4.78 is 45.6. The molecular formula is C30H34F2N8O5. The predicted molar refractivity (Wildman–Crippen MR) is 158 cm³/mol. The molecule has 3 aromatic heterocycles. The number of aromatic amines is 1. The van der Waals surface area contributed by atoms with Crippen LogP contribution < -0.4 is 14.5 Å². The Balaban J connectivity index is 1.31. The number of H-pyrrole nitrogens is 1. The van der Waals surface area contributed by atoms with Gasteiger partial charge in [0, 0.05) is 30.9 Å². The van der Waals surface area contributed by atoms with Crippen molar-refractivity contribution in [2.75, 3.05) is 63.4 Å². The minimum absolute atomic E-state index is 0.0149. The van der Waals surface area contributed by atoms with E-state index in [2.05, 4.69) is 48.6 Å². The maximum Gasteiger partial charge on any atom is 0.326 e. The number of carboxylic acids is 1. The molecule has 6 rings (SSSR count). The summed E-state index contributed by atoms with van der Waals surface area (Å²) in [5.41, 5.74) is 1.36. The van der Waals surface area contributed by atoms with E-state index in [0.717, 1.165) is 0 Å². The van der Waals surface area contributed by atoms with E-state index in [1.54, 1.807) is 24.5 Å². The van der Waals surface area contributed by atoms with Crippen LogP contribution >= 0.6 is 0 Å². The van der Waals surface area contributed by atoms with Crippen LogP contribution in [0.1, 0.15) is 31.2 Å². The number of nitrogens with one attached hydrogen (secondary N) is 1. The van der Waals surface area contributed by atoms with Crippen molar-refractivity contribution in [3.05, 3.63) is 42.0 Å². The number of ether oxygens (including phenoxy) is 3. The summed E-state index contributed by atoms with van der Waals surface area (Å²) >= 11 is 0. The number of aliphatic carboxylic acids is 1. The second-order valence-electron chi connectivity index (χ2n) is 11.5. The summed E-state index contributed by atoms with van der Waals surface area (Å²) in [5.74, 6) is 4.51. The zero-order valence-corrected chi connectivity index (χ0v) is 25.1. The molecule has 15 heteroatoms. The fourth-order valence-corrected chi connectivity index (χ4v) is 5.70. The number of alkyl halides is 2. The Bertz CT molecular complexity index is 1590. The average molecular weight is 625 g/mol. The molecule has 3 aliphatic heterocycles. The van der Waals surface area contributed by atoms with E-state index >= 15 is 0 Å². The van der Waals surface area contributed by atoms with Gasteiger partial charge < -0.3 is 34.1 Å². The van der Waals surface area contributed by atoms with Crippen molar-refractivity contribution in [3.63, 3.8) is 0 Å². The Hall–Kier alpha value is -4.39. The lowest BCUT2D eigenvalue weighted by Gasteiger charge is -2.53. The number of rotatable bonds is 8. The molecule has 3 saturated heterocycles. The minimum Gasteiger partial charge on any atom is -0.480 e. The molecule has 0 bridgehead atoms. The van der Waals surface area contributed by atoms with Crippen LogP contribution in [0, 0.1) is 11.8 Å². The van der Waals surface area contributed by atoms with E-state index in [0.29, 0.717) is 55.7 Å². The molecule has 0 aromatic carbocycles. The molecule has 2 N–H and O–H groups in total. The Morgan fingerprint density at radius 2 is 2.11 bits per heavy atom. The molecule has 6 heterocycles. The van der Waals surface area contributed by atoms with E-state index in [9.17, 15) is 18.7 Å². The van der Waals surface area contributed by atoms with Crippen molar-refractivity contribution < 1.29 is 32.9 Å². The first-order valence-electron chi connectivity index (χ1n) is 14.6. The Morgan fingerprint density at radius 1 is 1.29 bits per heavy atom. The number of carbonyl (C=O) groups is 1. The van der Waals surface area contributed by atoms with Gasteiger partial charge in [-0.2, -0.15) is 9.97 Å². The molecule has 0 radical (unpaired) electrons. The third-order valence-corrected chi connectivity index (χ3v) is 8.17. The number of hydrogen-bond donors (Lipinski definition) is 2. The lowest BCUT2D eigenvalue weighted by molar-refractivity contribution is -0.228. The van der Waals surface area contributed by atoms with E-state index in [1.165, 1.54) is 4.90 Å². The molecule has 13 nitrogen and oxygen atoms in total. The Labute approximate surface area is 258 Å². The molecule has 238 valence electrons. The molecule has 3 atom stereocenters. The van der Waals surface area contributed by atoms with Gasteiger partial charge in [0.15, 0.2) is 5.82 Å². The summed E-state index contributed by atoms with van der Waals surface area (Å²) in [7, 11) is 3.87. The lowest BCUT2D eigenvalue weighted by Crippen LogP contribution is -2.68. The second kappa shape index (κ2) is 12.5. The minimum atomic E-state index is -2.98. The van der Waals surface area contributed by atoms with Crippen molar-refractivity contribution in [1.82, 2.24) is 29.8 Å². The highest BCUT2D eigenvalue weighted by atomic mass is 19.3. The van der Waals surface area contributed by atoms with Crippen LogP contribution in [0.25, 0.3) is 11.5 Å². The summed E-state index contributed by atoms with van der Waals surface area (Å²) in [6, 6.07) is 4.04. The van der Waals surface area contributed by atoms with Crippen LogP contribution in [0.4, 0.5) is 20.4 Å². The van der Waals surface area contributed by atoms with Crippen molar-refractivity contribution in [1.29, 1.82) is 0 Å². The molecule has 0 amide bonds. The van der Waals surface area contributed by atoms with Gasteiger partial charge in [-0.05, 0) is 39.2 Å². The highest BCUT2D eigenvalue weighted by molar-refractivity contribution is 5.78. The van der Waals surface area contributed by atoms with Crippen LogP contribution in [-0.4, -0.2) is 118 Å². The number of morpholine rings is 1. The number of hydrogen-bond acceptors (Lipinski definition) is 11. The van der Waals surface area contributed by atoms with Crippen LogP contribution in [0.2, 0.25) is 0 Å². The van der Waals surface area contributed by atoms with Gasteiger partial charge in [0.25, 0.3) is 6.43 Å². The topological polar surface area (TPSA) is 142 Å². The molecule has 3 fully saturated rings. The van der Waals surface area contributed by atoms with Crippen LogP contribution in [0.15, 0.2) is 30.6 Å². The summed E-state index contributed by atoms with van der Waals surface area (Å²) in [6.07, 6.45) is -0.366. The first-order chi connectivity index (χ1) is 21.6. The average Bonchev–Trinajstić information content (AvgIpc) is 3.68. The van der Waals surface area contributed by atoms with Gasteiger partial charge in [-0.3, -0.25) is 4.90 Å². The third-order valence-electron chi connectivity index (χ3n) is 8.17. The van der Waals surface area contributed by atoms with Gasteiger partial charge in [-0.1, -0.05) is 11.8 Å².